The number of halogens is 1. The molecule has 0 spiro atoms. The normalized spacial score (nSPS) is 19.4. The second-order valence-electron chi connectivity index (χ2n) is 4.49. The summed E-state index contributed by atoms with van der Waals surface area (Å²) in [5, 5.41) is 12.4. The molecule has 1 aromatic heterocycles. The predicted octanol–water partition coefficient (Wildman–Crippen LogP) is 1.47. The van der Waals surface area contributed by atoms with Gasteiger partial charge in [0.25, 0.3) is 0 Å². The van der Waals surface area contributed by atoms with E-state index in [1.807, 2.05) is 0 Å². The lowest BCUT2D eigenvalue weighted by atomic mass is 10.1. The van der Waals surface area contributed by atoms with E-state index in [1.54, 1.807) is 11.9 Å². The number of likely N-dealkylation sites (tertiary alicyclic amines) is 1. The van der Waals surface area contributed by atoms with E-state index in [2.05, 4.69) is 10.3 Å². The van der Waals surface area contributed by atoms with E-state index in [0.29, 0.717) is 19.4 Å². The van der Waals surface area contributed by atoms with Crippen molar-refractivity contribution >= 4 is 29.3 Å². The number of likely N-dealkylation sites (N-methyl/N-ethyl adjacent to an activating group) is 1. The SMILES string of the molecule is CN1CC(Nc2nc(Cl)ccc2C(=O)O)CCC1=O. The number of pyridine rings is 1. The van der Waals surface area contributed by atoms with Crippen molar-refractivity contribution in [3.05, 3.63) is 22.8 Å². The zero-order valence-corrected chi connectivity index (χ0v) is 11.1. The lowest BCUT2D eigenvalue weighted by Crippen LogP contribution is -2.43. The summed E-state index contributed by atoms with van der Waals surface area (Å²) in [5.41, 5.74) is 0.0731. The number of rotatable bonds is 3. The predicted molar refractivity (Wildman–Crippen MR) is 70.5 cm³/mol. The highest BCUT2D eigenvalue weighted by Crippen LogP contribution is 2.20. The lowest BCUT2D eigenvalue weighted by molar-refractivity contribution is -0.132. The highest BCUT2D eigenvalue weighted by Gasteiger charge is 2.24. The van der Waals surface area contributed by atoms with E-state index in [4.69, 9.17) is 16.7 Å². The van der Waals surface area contributed by atoms with Crippen molar-refractivity contribution in [1.29, 1.82) is 0 Å². The molecule has 2 heterocycles. The molecule has 0 saturated carbocycles. The number of hydrogen-bond donors (Lipinski definition) is 2. The summed E-state index contributed by atoms with van der Waals surface area (Å²) in [4.78, 5) is 28.1. The molecule has 1 atom stereocenters. The molecular weight excluding hydrogens is 270 g/mol. The van der Waals surface area contributed by atoms with Crippen LogP contribution in [0.5, 0.6) is 0 Å². The first-order chi connectivity index (χ1) is 8.97. The Morgan fingerprint density at radius 2 is 2.32 bits per heavy atom. The highest BCUT2D eigenvalue weighted by atomic mass is 35.5. The van der Waals surface area contributed by atoms with Crippen LogP contribution in [0, 0.1) is 0 Å². The van der Waals surface area contributed by atoms with Crippen molar-refractivity contribution in [2.45, 2.75) is 18.9 Å². The van der Waals surface area contributed by atoms with Crippen LogP contribution in [0.4, 0.5) is 5.82 Å². The third-order valence-electron chi connectivity index (χ3n) is 3.06. The topological polar surface area (TPSA) is 82.5 Å². The van der Waals surface area contributed by atoms with Crippen molar-refractivity contribution in [3.63, 3.8) is 0 Å². The molecule has 19 heavy (non-hydrogen) atoms. The van der Waals surface area contributed by atoms with Gasteiger partial charge in [-0.25, -0.2) is 9.78 Å². The Hall–Kier alpha value is -1.82. The number of nitrogens with zero attached hydrogens (tertiary/aromatic N) is 2. The van der Waals surface area contributed by atoms with Crippen LogP contribution in [-0.2, 0) is 4.79 Å². The van der Waals surface area contributed by atoms with Crippen molar-refractivity contribution in [3.8, 4) is 0 Å². The van der Waals surface area contributed by atoms with Crippen molar-refractivity contribution in [2.24, 2.45) is 0 Å². The van der Waals surface area contributed by atoms with Gasteiger partial charge in [-0.15, -0.1) is 0 Å². The van der Waals surface area contributed by atoms with E-state index >= 15 is 0 Å². The number of hydrogen-bond acceptors (Lipinski definition) is 4. The molecule has 0 bridgehead atoms. The number of anilines is 1. The average Bonchev–Trinajstić information content (AvgIpc) is 2.33. The van der Waals surface area contributed by atoms with Gasteiger partial charge in [0.05, 0.1) is 0 Å². The Labute approximate surface area is 115 Å². The van der Waals surface area contributed by atoms with E-state index in [0.717, 1.165) is 0 Å². The molecule has 0 aliphatic carbocycles. The van der Waals surface area contributed by atoms with Crippen LogP contribution in [0.1, 0.15) is 23.2 Å². The third-order valence-corrected chi connectivity index (χ3v) is 3.27. The molecule has 0 aromatic carbocycles. The number of aromatic carboxylic acids is 1. The summed E-state index contributed by atoms with van der Waals surface area (Å²) in [6.45, 7) is 0.520. The zero-order chi connectivity index (χ0) is 14.0. The molecular formula is C12H14ClN3O3. The van der Waals surface area contributed by atoms with E-state index < -0.39 is 5.97 Å². The maximum absolute atomic E-state index is 11.4. The van der Waals surface area contributed by atoms with E-state index in [1.165, 1.54) is 12.1 Å². The lowest BCUT2D eigenvalue weighted by Gasteiger charge is -2.30. The molecule has 2 N–H and O–H groups in total. The van der Waals surface area contributed by atoms with Gasteiger partial charge in [0.15, 0.2) is 0 Å². The number of nitrogens with one attached hydrogen (secondary N) is 1. The molecule has 7 heteroatoms. The first-order valence-electron chi connectivity index (χ1n) is 5.87. The van der Waals surface area contributed by atoms with Gasteiger partial charge in [0, 0.05) is 26.1 Å². The molecule has 2 rings (SSSR count). The Kier molecular flexibility index (Phi) is 3.90. The van der Waals surface area contributed by atoms with Gasteiger partial charge in [-0.05, 0) is 18.6 Å². The summed E-state index contributed by atoms with van der Waals surface area (Å²) < 4.78 is 0. The Morgan fingerprint density at radius 1 is 1.58 bits per heavy atom. The van der Waals surface area contributed by atoms with Crippen molar-refractivity contribution in [1.82, 2.24) is 9.88 Å². The second-order valence-corrected chi connectivity index (χ2v) is 4.88. The fourth-order valence-corrected chi connectivity index (χ4v) is 2.19. The van der Waals surface area contributed by atoms with Crippen LogP contribution < -0.4 is 5.32 Å². The largest absolute Gasteiger partial charge is 0.478 e. The van der Waals surface area contributed by atoms with Crippen molar-refractivity contribution in [2.75, 3.05) is 18.9 Å². The smallest absolute Gasteiger partial charge is 0.339 e. The zero-order valence-electron chi connectivity index (χ0n) is 10.4. The Morgan fingerprint density at radius 3 is 2.95 bits per heavy atom. The molecule has 1 saturated heterocycles. The van der Waals surface area contributed by atoms with Gasteiger partial charge < -0.3 is 15.3 Å². The van der Waals surface area contributed by atoms with Gasteiger partial charge in [0.2, 0.25) is 5.91 Å². The van der Waals surface area contributed by atoms with Gasteiger partial charge in [-0.1, -0.05) is 11.6 Å². The maximum atomic E-state index is 11.4. The number of amides is 1. The number of carbonyl (C=O) groups excluding carboxylic acids is 1. The minimum absolute atomic E-state index is 0.0215. The molecule has 1 aliphatic rings. The number of carboxylic acids is 1. The maximum Gasteiger partial charge on any atom is 0.339 e. The molecule has 6 nitrogen and oxygen atoms in total. The molecule has 0 radical (unpaired) electrons. The fraction of sp³-hybridized carbons (Fsp3) is 0.417. The van der Waals surface area contributed by atoms with Gasteiger partial charge >= 0.3 is 5.97 Å². The first-order valence-corrected chi connectivity index (χ1v) is 6.25. The van der Waals surface area contributed by atoms with Crippen molar-refractivity contribution < 1.29 is 14.7 Å². The third kappa shape index (κ3) is 3.14. The molecule has 1 aromatic rings. The molecule has 1 fully saturated rings. The summed E-state index contributed by atoms with van der Waals surface area (Å²) in [6, 6.07) is 2.83. The average molecular weight is 284 g/mol. The highest BCUT2D eigenvalue weighted by molar-refractivity contribution is 6.29. The summed E-state index contributed by atoms with van der Waals surface area (Å²) in [5.74, 6) is -0.727. The van der Waals surface area contributed by atoms with Crippen LogP contribution in [0.3, 0.4) is 0 Å². The van der Waals surface area contributed by atoms with Crippen LogP contribution in [0.25, 0.3) is 0 Å². The van der Waals surface area contributed by atoms with Crippen LogP contribution in [0.2, 0.25) is 5.15 Å². The summed E-state index contributed by atoms with van der Waals surface area (Å²) in [6.07, 6.45) is 1.09. The van der Waals surface area contributed by atoms with E-state index in [9.17, 15) is 9.59 Å². The monoisotopic (exact) mass is 283 g/mol. The fourth-order valence-electron chi connectivity index (χ4n) is 2.04. The molecule has 102 valence electrons. The second kappa shape index (κ2) is 5.44. The standard InChI is InChI=1S/C12H14ClN3O3/c1-16-6-7(2-5-10(16)17)14-11-8(12(18)19)3-4-9(13)15-11/h3-4,7H,2,5-6H2,1H3,(H,14,15)(H,18,19). The molecule has 1 unspecified atom stereocenters. The van der Waals surface area contributed by atoms with Gasteiger partial charge in [0.1, 0.15) is 16.5 Å². The van der Waals surface area contributed by atoms with Gasteiger partial charge in [-0.2, -0.15) is 0 Å². The number of piperidine rings is 1. The Bertz CT molecular complexity index is 521. The minimum atomic E-state index is -1.06. The quantitative estimate of drug-likeness (QED) is 0.821. The number of aromatic nitrogens is 1. The number of carboxylic acid groups (broad SMARTS) is 1. The summed E-state index contributed by atoms with van der Waals surface area (Å²) >= 11 is 5.78. The molecule has 1 aliphatic heterocycles. The first kappa shape index (κ1) is 13.6. The Balaban J connectivity index is 2.16. The number of carbonyl (C=O) groups is 2. The minimum Gasteiger partial charge on any atom is -0.478 e. The van der Waals surface area contributed by atoms with E-state index in [-0.39, 0.29) is 28.5 Å². The van der Waals surface area contributed by atoms with Gasteiger partial charge in [-0.3, -0.25) is 4.79 Å². The van der Waals surface area contributed by atoms with Crippen LogP contribution in [0.15, 0.2) is 12.1 Å². The van der Waals surface area contributed by atoms with Crippen LogP contribution >= 0.6 is 11.6 Å². The van der Waals surface area contributed by atoms with Crippen LogP contribution in [-0.4, -0.2) is 46.5 Å². The summed E-state index contributed by atoms with van der Waals surface area (Å²) in [7, 11) is 1.72. The molecule has 1 amide bonds.